The Balaban J connectivity index is 1.42. The Morgan fingerprint density at radius 1 is 1.24 bits per heavy atom. The molecule has 25 heavy (non-hydrogen) atoms. The molecule has 0 saturated carbocycles. The lowest BCUT2D eigenvalue weighted by atomic mass is 10.2. The second-order valence-electron chi connectivity index (χ2n) is 5.50. The van der Waals surface area contributed by atoms with E-state index in [0.29, 0.717) is 29.7 Å². The number of aryl methyl sites for hydroxylation is 1. The first-order valence-electron chi connectivity index (χ1n) is 7.86. The molecule has 0 saturated heterocycles. The van der Waals surface area contributed by atoms with Gasteiger partial charge >= 0.3 is 0 Å². The van der Waals surface area contributed by atoms with Gasteiger partial charge in [-0.3, -0.25) is 4.79 Å². The first-order chi connectivity index (χ1) is 12.1. The maximum atomic E-state index is 11.8. The summed E-state index contributed by atoms with van der Waals surface area (Å²) >= 11 is 6.04. The SMILES string of the molecule is Cc1ccc(OCCNC(=O)/C=C/c2ccc3c(c2)OCO3)cc1Cl. The van der Waals surface area contributed by atoms with Crippen LogP contribution in [0.25, 0.3) is 6.08 Å². The zero-order valence-corrected chi connectivity index (χ0v) is 14.5. The number of carbonyl (C=O) groups excluding carboxylic acids is 1. The molecule has 1 aliphatic rings. The summed E-state index contributed by atoms with van der Waals surface area (Å²) in [5.41, 5.74) is 1.86. The zero-order valence-electron chi connectivity index (χ0n) is 13.8. The fourth-order valence-corrected chi connectivity index (χ4v) is 2.42. The van der Waals surface area contributed by atoms with Crippen molar-refractivity contribution >= 4 is 23.6 Å². The number of nitrogens with one attached hydrogen (secondary N) is 1. The molecule has 0 radical (unpaired) electrons. The van der Waals surface area contributed by atoms with Crippen molar-refractivity contribution in [2.24, 2.45) is 0 Å². The van der Waals surface area contributed by atoms with E-state index < -0.39 is 0 Å². The molecule has 0 unspecified atom stereocenters. The molecular formula is C19H18ClNO4. The quantitative estimate of drug-likeness (QED) is 0.632. The third-order valence-electron chi connectivity index (χ3n) is 3.64. The van der Waals surface area contributed by atoms with Crippen LogP contribution in [-0.4, -0.2) is 25.9 Å². The van der Waals surface area contributed by atoms with Gasteiger partial charge < -0.3 is 19.5 Å². The predicted molar refractivity (Wildman–Crippen MR) is 96.3 cm³/mol. The largest absolute Gasteiger partial charge is 0.492 e. The minimum atomic E-state index is -0.191. The van der Waals surface area contributed by atoms with E-state index in [4.69, 9.17) is 25.8 Å². The molecule has 0 spiro atoms. The molecule has 5 nitrogen and oxygen atoms in total. The molecule has 1 heterocycles. The highest BCUT2D eigenvalue weighted by atomic mass is 35.5. The molecule has 2 aromatic carbocycles. The Bertz CT molecular complexity index is 804. The van der Waals surface area contributed by atoms with Crippen LogP contribution in [0.3, 0.4) is 0 Å². The van der Waals surface area contributed by atoms with Crippen molar-refractivity contribution in [2.75, 3.05) is 19.9 Å². The summed E-state index contributed by atoms with van der Waals surface area (Å²) in [6.45, 7) is 2.92. The Kier molecular flexibility index (Phi) is 5.46. The molecule has 3 rings (SSSR count). The molecule has 1 N–H and O–H groups in total. The molecule has 1 amide bonds. The maximum Gasteiger partial charge on any atom is 0.244 e. The first kappa shape index (κ1) is 17.2. The summed E-state index contributed by atoms with van der Waals surface area (Å²) in [7, 11) is 0. The fourth-order valence-electron chi connectivity index (χ4n) is 2.25. The Hall–Kier alpha value is -2.66. The smallest absolute Gasteiger partial charge is 0.244 e. The molecule has 0 aliphatic carbocycles. The van der Waals surface area contributed by atoms with E-state index in [2.05, 4.69) is 5.32 Å². The van der Waals surface area contributed by atoms with Gasteiger partial charge in [0, 0.05) is 11.1 Å². The summed E-state index contributed by atoms with van der Waals surface area (Å²) in [6.07, 6.45) is 3.19. The third-order valence-corrected chi connectivity index (χ3v) is 4.04. The lowest BCUT2D eigenvalue weighted by molar-refractivity contribution is -0.116. The third kappa shape index (κ3) is 4.67. The number of carbonyl (C=O) groups is 1. The van der Waals surface area contributed by atoms with Crippen LogP contribution >= 0.6 is 11.6 Å². The molecule has 0 fully saturated rings. The van der Waals surface area contributed by atoms with E-state index in [1.54, 1.807) is 12.1 Å². The van der Waals surface area contributed by atoms with Crippen molar-refractivity contribution in [3.05, 3.63) is 58.6 Å². The van der Waals surface area contributed by atoms with E-state index in [0.717, 1.165) is 16.9 Å². The average Bonchev–Trinajstić information content (AvgIpc) is 3.07. The van der Waals surface area contributed by atoms with Crippen molar-refractivity contribution in [1.82, 2.24) is 5.32 Å². The monoisotopic (exact) mass is 359 g/mol. The maximum absolute atomic E-state index is 11.8. The normalized spacial score (nSPS) is 12.4. The van der Waals surface area contributed by atoms with Crippen LogP contribution in [0.2, 0.25) is 5.02 Å². The zero-order chi connectivity index (χ0) is 17.6. The van der Waals surface area contributed by atoms with E-state index in [-0.39, 0.29) is 12.7 Å². The van der Waals surface area contributed by atoms with Crippen LogP contribution in [-0.2, 0) is 4.79 Å². The molecule has 0 aromatic heterocycles. The average molecular weight is 360 g/mol. The van der Waals surface area contributed by atoms with Gasteiger partial charge in [0.05, 0.1) is 6.54 Å². The molecule has 2 aromatic rings. The molecule has 0 bridgehead atoms. The van der Waals surface area contributed by atoms with E-state index in [1.807, 2.05) is 37.3 Å². The van der Waals surface area contributed by atoms with Crippen LogP contribution in [0.1, 0.15) is 11.1 Å². The van der Waals surface area contributed by atoms with Gasteiger partial charge in [-0.05, 0) is 48.4 Å². The summed E-state index contributed by atoms with van der Waals surface area (Å²) in [5.74, 6) is 1.90. The van der Waals surface area contributed by atoms with Crippen molar-refractivity contribution in [1.29, 1.82) is 0 Å². The Morgan fingerprint density at radius 2 is 2.08 bits per heavy atom. The van der Waals surface area contributed by atoms with Crippen molar-refractivity contribution < 1.29 is 19.0 Å². The highest BCUT2D eigenvalue weighted by Gasteiger charge is 2.12. The van der Waals surface area contributed by atoms with E-state index >= 15 is 0 Å². The minimum absolute atomic E-state index is 0.191. The van der Waals surface area contributed by atoms with Gasteiger partial charge in [-0.2, -0.15) is 0 Å². The summed E-state index contributed by atoms with van der Waals surface area (Å²) in [6, 6.07) is 11.0. The van der Waals surface area contributed by atoms with Gasteiger partial charge in [-0.1, -0.05) is 23.7 Å². The topological polar surface area (TPSA) is 56.8 Å². The Morgan fingerprint density at radius 3 is 2.92 bits per heavy atom. The van der Waals surface area contributed by atoms with Crippen LogP contribution in [0, 0.1) is 6.92 Å². The van der Waals surface area contributed by atoms with Crippen molar-refractivity contribution in [3.63, 3.8) is 0 Å². The number of amides is 1. The highest BCUT2D eigenvalue weighted by molar-refractivity contribution is 6.31. The number of rotatable bonds is 6. The molecular weight excluding hydrogens is 342 g/mol. The minimum Gasteiger partial charge on any atom is -0.492 e. The van der Waals surface area contributed by atoms with Crippen LogP contribution < -0.4 is 19.5 Å². The molecule has 6 heteroatoms. The summed E-state index contributed by atoms with van der Waals surface area (Å²) in [4.78, 5) is 11.8. The second-order valence-corrected chi connectivity index (χ2v) is 5.90. The van der Waals surface area contributed by atoms with Crippen LogP contribution in [0.4, 0.5) is 0 Å². The lowest BCUT2D eigenvalue weighted by Crippen LogP contribution is -2.26. The van der Waals surface area contributed by atoms with Gasteiger partial charge in [-0.25, -0.2) is 0 Å². The number of benzene rings is 2. The molecule has 0 atom stereocenters. The number of fused-ring (bicyclic) bond motifs is 1. The second kappa shape index (κ2) is 7.94. The summed E-state index contributed by atoms with van der Waals surface area (Å²) < 4.78 is 16.1. The molecule has 1 aliphatic heterocycles. The van der Waals surface area contributed by atoms with E-state index in [1.165, 1.54) is 6.08 Å². The van der Waals surface area contributed by atoms with E-state index in [9.17, 15) is 4.79 Å². The number of hydrogen-bond acceptors (Lipinski definition) is 4. The van der Waals surface area contributed by atoms with Crippen LogP contribution in [0.5, 0.6) is 17.2 Å². The standard InChI is InChI=1S/C19H18ClNO4/c1-13-2-5-15(11-16(13)20)23-9-8-21-19(22)7-4-14-3-6-17-18(10-14)25-12-24-17/h2-7,10-11H,8-9,12H2,1H3,(H,21,22)/b7-4+. The fraction of sp³-hybridized carbons (Fsp3) is 0.211. The van der Waals surface area contributed by atoms with Gasteiger partial charge in [0.15, 0.2) is 11.5 Å². The first-order valence-corrected chi connectivity index (χ1v) is 8.24. The highest BCUT2D eigenvalue weighted by Crippen LogP contribution is 2.32. The Labute approximate surface area is 151 Å². The lowest BCUT2D eigenvalue weighted by Gasteiger charge is -2.08. The van der Waals surface area contributed by atoms with Crippen molar-refractivity contribution in [3.8, 4) is 17.2 Å². The number of halogens is 1. The molecule has 130 valence electrons. The van der Waals surface area contributed by atoms with Gasteiger partial charge in [0.2, 0.25) is 12.7 Å². The van der Waals surface area contributed by atoms with Gasteiger partial charge in [0.25, 0.3) is 0 Å². The van der Waals surface area contributed by atoms with Crippen LogP contribution in [0.15, 0.2) is 42.5 Å². The predicted octanol–water partition coefficient (Wildman–Crippen LogP) is 3.59. The van der Waals surface area contributed by atoms with Crippen molar-refractivity contribution in [2.45, 2.75) is 6.92 Å². The summed E-state index contributed by atoms with van der Waals surface area (Å²) in [5, 5.41) is 3.42. The number of ether oxygens (including phenoxy) is 3. The van der Waals surface area contributed by atoms with Gasteiger partial charge in [-0.15, -0.1) is 0 Å². The van der Waals surface area contributed by atoms with Gasteiger partial charge in [0.1, 0.15) is 12.4 Å². The number of hydrogen-bond donors (Lipinski definition) is 1.